The number of hydroxylamine groups is 1. The first-order valence-electron chi connectivity index (χ1n) is 11.1. The van der Waals surface area contributed by atoms with Gasteiger partial charge in [0.2, 0.25) is 0 Å². The Balaban J connectivity index is 1.27. The molecule has 3 aromatic heterocycles. The van der Waals surface area contributed by atoms with Crippen LogP contribution in [0.5, 0.6) is 11.5 Å². The van der Waals surface area contributed by atoms with Gasteiger partial charge in [0.15, 0.2) is 11.6 Å². The number of hydrogen-bond donors (Lipinski definition) is 1. The van der Waals surface area contributed by atoms with E-state index in [4.69, 9.17) is 9.57 Å². The van der Waals surface area contributed by atoms with Gasteiger partial charge in [0.05, 0.1) is 31.2 Å². The van der Waals surface area contributed by atoms with E-state index in [1.807, 2.05) is 25.1 Å². The van der Waals surface area contributed by atoms with Gasteiger partial charge in [-0.3, -0.25) is 4.84 Å². The monoisotopic (exact) mass is 472 g/mol. The zero-order valence-electron chi connectivity index (χ0n) is 19.1. The molecule has 176 valence electrons. The van der Waals surface area contributed by atoms with Crippen molar-refractivity contribution in [2.24, 2.45) is 7.05 Å². The van der Waals surface area contributed by atoms with E-state index in [0.29, 0.717) is 51.9 Å². The van der Waals surface area contributed by atoms with Gasteiger partial charge in [0, 0.05) is 24.9 Å². The predicted octanol–water partition coefficient (Wildman–Crippen LogP) is 4.43. The van der Waals surface area contributed by atoms with Crippen LogP contribution in [0.4, 0.5) is 21.8 Å². The molecular weight excluding hydrogens is 451 g/mol. The first kappa shape index (κ1) is 21.2. The highest BCUT2D eigenvalue weighted by Gasteiger charge is 2.18. The van der Waals surface area contributed by atoms with Crippen molar-refractivity contribution in [3.05, 3.63) is 60.6 Å². The van der Waals surface area contributed by atoms with Gasteiger partial charge in [0.25, 0.3) is 5.95 Å². The number of benzene rings is 2. The molecule has 10 nitrogen and oxygen atoms in total. The third-order valence-electron chi connectivity index (χ3n) is 5.75. The summed E-state index contributed by atoms with van der Waals surface area (Å²) in [4.78, 5) is 27.4. The van der Waals surface area contributed by atoms with Crippen molar-refractivity contribution in [3.63, 3.8) is 0 Å². The highest BCUT2D eigenvalue weighted by Crippen LogP contribution is 2.32. The summed E-state index contributed by atoms with van der Waals surface area (Å²) in [6.07, 6.45) is 5.62. The second-order valence-corrected chi connectivity index (χ2v) is 8.25. The van der Waals surface area contributed by atoms with E-state index in [1.54, 1.807) is 35.3 Å². The minimum Gasteiger partial charge on any atom is -0.457 e. The molecule has 0 saturated carbocycles. The van der Waals surface area contributed by atoms with Gasteiger partial charge < -0.3 is 14.6 Å². The van der Waals surface area contributed by atoms with Crippen molar-refractivity contribution >= 4 is 39.5 Å². The van der Waals surface area contributed by atoms with Crippen molar-refractivity contribution in [3.8, 4) is 11.5 Å². The topological polar surface area (TPSA) is 103 Å². The quantitative estimate of drug-likeness (QED) is 0.398. The maximum absolute atomic E-state index is 14.5. The molecule has 1 fully saturated rings. The van der Waals surface area contributed by atoms with Crippen LogP contribution in [0.3, 0.4) is 0 Å². The SMILES string of the molecule is Cc1cc(Nc2ncnc3cnc(N4CCCO4)nc23)ccc1Oc1cc(F)c2c(c1)ncn2C. The molecule has 1 aliphatic heterocycles. The summed E-state index contributed by atoms with van der Waals surface area (Å²) in [6, 6.07) is 8.69. The second kappa shape index (κ2) is 8.44. The minimum absolute atomic E-state index is 0.382. The number of nitrogens with one attached hydrogen (secondary N) is 1. The van der Waals surface area contributed by atoms with Crippen molar-refractivity contribution in [2.45, 2.75) is 13.3 Å². The lowest BCUT2D eigenvalue weighted by Crippen LogP contribution is -2.19. The van der Waals surface area contributed by atoms with Gasteiger partial charge in [-0.25, -0.2) is 34.4 Å². The lowest BCUT2D eigenvalue weighted by molar-refractivity contribution is 0.164. The summed E-state index contributed by atoms with van der Waals surface area (Å²) in [6.45, 7) is 3.30. The Morgan fingerprint density at radius 2 is 2.00 bits per heavy atom. The summed E-state index contributed by atoms with van der Waals surface area (Å²) in [5.41, 5.74) is 3.83. The van der Waals surface area contributed by atoms with Crippen molar-refractivity contribution < 1.29 is 14.0 Å². The van der Waals surface area contributed by atoms with E-state index in [1.165, 1.54) is 12.4 Å². The van der Waals surface area contributed by atoms with Crippen LogP contribution in [0.25, 0.3) is 22.1 Å². The normalized spacial score (nSPS) is 13.6. The summed E-state index contributed by atoms with van der Waals surface area (Å²) in [5.74, 6) is 1.63. The number of imidazole rings is 1. The molecule has 4 heterocycles. The molecule has 1 N–H and O–H groups in total. The van der Waals surface area contributed by atoms with Gasteiger partial charge in [0.1, 0.15) is 34.4 Å². The Labute approximate surface area is 199 Å². The largest absolute Gasteiger partial charge is 0.457 e. The number of halogens is 1. The number of ether oxygens (including phenoxy) is 1. The van der Waals surface area contributed by atoms with Gasteiger partial charge >= 0.3 is 0 Å². The number of aromatic nitrogens is 6. The third-order valence-corrected chi connectivity index (χ3v) is 5.75. The zero-order valence-corrected chi connectivity index (χ0v) is 19.1. The average Bonchev–Trinajstić information content (AvgIpc) is 3.51. The first-order chi connectivity index (χ1) is 17.0. The number of aryl methyl sites for hydroxylation is 2. The molecule has 0 aliphatic carbocycles. The van der Waals surface area contributed by atoms with E-state index in [0.717, 1.165) is 24.2 Å². The number of hydrogen-bond acceptors (Lipinski definition) is 9. The Kier molecular flexibility index (Phi) is 5.10. The predicted molar refractivity (Wildman–Crippen MR) is 128 cm³/mol. The molecule has 5 aromatic rings. The molecule has 0 unspecified atom stereocenters. The molecule has 0 spiro atoms. The van der Waals surface area contributed by atoms with Crippen LogP contribution in [-0.4, -0.2) is 42.6 Å². The summed E-state index contributed by atoms with van der Waals surface area (Å²) in [5, 5.41) is 4.98. The van der Waals surface area contributed by atoms with Gasteiger partial charge in [-0.05, 0) is 37.1 Å². The lowest BCUT2D eigenvalue weighted by Gasteiger charge is -2.15. The Bertz CT molecular complexity index is 1560. The molecule has 0 radical (unpaired) electrons. The van der Waals surface area contributed by atoms with E-state index < -0.39 is 0 Å². The van der Waals surface area contributed by atoms with E-state index in [-0.39, 0.29) is 5.82 Å². The highest BCUT2D eigenvalue weighted by atomic mass is 19.1. The standard InChI is InChI=1S/C24H21FN8O2/c1-14-8-15(4-5-20(14)35-16-9-17(25)22-18(10-16)29-13-32(22)2)30-23-21-19(27-12-28-23)11-26-24(31-21)33-6-3-7-34-33/h4-5,8-13H,3,6-7H2,1-2H3,(H,27,28,30). The van der Waals surface area contributed by atoms with Crippen molar-refractivity contribution in [2.75, 3.05) is 23.5 Å². The van der Waals surface area contributed by atoms with Crippen LogP contribution in [0.15, 0.2) is 49.2 Å². The smallest absolute Gasteiger partial charge is 0.250 e. The molecule has 0 atom stereocenters. The molecule has 1 saturated heterocycles. The molecule has 35 heavy (non-hydrogen) atoms. The van der Waals surface area contributed by atoms with Crippen LogP contribution < -0.4 is 15.1 Å². The molecule has 2 aromatic carbocycles. The fraction of sp³-hybridized carbons (Fsp3) is 0.208. The van der Waals surface area contributed by atoms with Crippen LogP contribution in [0.2, 0.25) is 0 Å². The van der Waals surface area contributed by atoms with E-state index in [2.05, 4.69) is 30.2 Å². The van der Waals surface area contributed by atoms with Crippen LogP contribution in [-0.2, 0) is 11.9 Å². The van der Waals surface area contributed by atoms with E-state index in [9.17, 15) is 4.39 Å². The summed E-state index contributed by atoms with van der Waals surface area (Å²) < 4.78 is 22.1. The summed E-state index contributed by atoms with van der Waals surface area (Å²) >= 11 is 0. The van der Waals surface area contributed by atoms with Crippen LogP contribution in [0.1, 0.15) is 12.0 Å². The van der Waals surface area contributed by atoms with Gasteiger partial charge in [-0.1, -0.05) is 0 Å². The van der Waals surface area contributed by atoms with Crippen LogP contribution in [0, 0.1) is 12.7 Å². The van der Waals surface area contributed by atoms with Gasteiger partial charge in [-0.15, -0.1) is 0 Å². The molecule has 0 bridgehead atoms. The number of fused-ring (bicyclic) bond motifs is 2. The fourth-order valence-corrected chi connectivity index (χ4v) is 4.04. The molecular formula is C24H21FN8O2. The van der Waals surface area contributed by atoms with Crippen molar-refractivity contribution in [1.82, 2.24) is 29.5 Å². The zero-order chi connectivity index (χ0) is 23.9. The third kappa shape index (κ3) is 3.95. The van der Waals surface area contributed by atoms with Crippen LogP contribution >= 0.6 is 0 Å². The maximum Gasteiger partial charge on any atom is 0.250 e. The minimum atomic E-state index is -0.384. The van der Waals surface area contributed by atoms with Crippen molar-refractivity contribution in [1.29, 1.82) is 0 Å². The molecule has 6 rings (SSSR count). The van der Waals surface area contributed by atoms with Gasteiger partial charge in [-0.2, -0.15) is 0 Å². The molecule has 1 aliphatic rings. The second-order valence-electron chi connectivity index (χ2n) is 8.25. The fourth-order valence-electron chi connectivity index (χ4n) is 4.04. The lowest BCUT2D eigenvalue weighted by atomic mass is 10.2. The number of rotatable bonds is 5. The highest BCUT2D eigenvalue weighted by molar-refractivity contribution is 5.87. The first-order valence-corrected chi connectivity index (χ1v) is 11.1. The summed E-state index contributed by atoms with van der Waals surface area (Å²) in [7, 11) is 1.75. The number of anilines is 3. The Morgan fingerprint density at radius 3 is 2.83 bits per heavy atom. The number of nitrogens with zero attached hydrogens (tertiary/aromatic N) is 7. The maximum atomic E-state index is 14.5. The Hall–Kier alpha value is -4.38. The van der Waals surface area contributed by atoms with E-state index >= 15 is 0 Å². The molecule has 0 amide bonds. The molecule has 11 heteroatoms. The average molecular weight is 472 g/mol. The Morgan fingerprint density at radius 1 is 1.09 bits per heavy atom.